The summed E-state index contributed by atoms with van der Waals surface area (Å²) in [4.78, 5) is 9.28. The van der Waals surface area contributed by atoms with E-state index in [1.807, 2.05) is 67.6 Å². The van der Waals surface area contributed by atoms with Gasteiger partial charge < -0.3 is 14.2 Å². The number of hydrogen-bond donors (Lipinski definition) is 1. The fraction of sp³-hybridized carbons (Fsp3) is 0.130. The average molecular weight is 397 g/mol. The Kier molecular flexibility index (Phi) is 4.69. The van der Waals surface area contributed by atoms with Gasteiger partial charge in [0.05, 0.1) is 11.8 Å². The molecule has 0 saturated carbocycles. The van der Waals surface area contributed by atoms with Gasteiger partial charge in [0.15, 0.2) is 0 Å². The number of para-hydroxylation sites is 1. The SMILES string of the molecule is Cc1ccc(-c2nnc(-c3nc(NCCc4ccco4)c4ccccc4n3)o2)cc1. The first-order chi connectivity index (χ1) is 14.8. The maximum atomic E-state index is 5.87. The maximum absolute atomic E-state index is 5.87. The molecule has 0 aliphatic rings. The third-order valence-electron chi connectivity index (χ3n) is 4.76. The number of anilines is 1. The van der Waals surface area contributed by atoms with Gasteiger partial charge >= 0.3 is 0 Å². The molecule has 0 bridgehead atoms. The summed E-state index contributed by atoms with van der Waals surface area (Å²) in [7, 11) is 0. The van der Waals surface area contributed by atoms with Crippen molar-refractivity contribution in [2.75, 3.05) is 11.9 Å². The summed E-state index contributed by atoms with van der Waals surface area (Å²) in [6.07, 6.45) is 2.42. The number of nitrogens with one attached hydrogen (secondary N) is 1. The number of rotatable bonds is 6. The molecule has 0 fully saturated rings. The summed E-state index contributed by atoms with van der Waals surface area (Å²) in [6.45, 7) is 2.71. The molecule has 0 aliphatic carbocycles. The molecule has 3 heterocycles. The lowest BCUT2D eigenvalue weighted by atomic mass is 10.1. The predicted octanol–water partition coefficient (Wildman–Crippen LogP) is 4.90. The summed E-state index contributed by atoms with van der Waals surface area (Å²) in [6, 6.07) is 19.6. The Hall–Kier alpha value is -4.00. The molecule has 0 unspecified atom stereocenters. The van der Waals surface area contributed by atoms with Crippen LogP contribution in [0.2, 0.25) is 0 Å². The van der Waals surface area contributed by atoms with Gasteiger partial charge in [-0.3, -0.25) is 0 Å². The molecule has 0 atom stereocenters. The van der Waals surface area contributed by atoms with Crippen LogP contribution < -0.4 is 5.32 Å². The fourth-order valence-electron chi connectivity index (χ4n) is 3.19. The Bertz CT molecular complexity index is 1280. The Morgan fingerprint density at radius 1 is 0.867 bits per heavy atom. The third-order valence-corrected chi connectivity index (χ3v) is 4.76. The zero-order chi connectivity index (χ0) is 20.3. The molecule has 0 spiro atoms. The number of hydrogen-bond acceptors (Lipinski definition) is 7. The monoisotopic (exact) mass is 397 g/mol. The molecule has 0 amide bonds. The lowest BCUT2D eigenvalue weighted by Gasteiger charge is -2.09. The van der Waals surface area contributed by atoms with Gasteiger partial charge in [-0.25, -0.2) is 9.97 Å². The van der Waals surface area contributed by atoms with Crippen molar-refractivity contribution in [3.05, 3.63) is 78.3 Å². The van der Waals surface area contributed by atoms with Crippen LogP contribution in [0.5, 0.6) is 0 Å². The van der Waals surface area contributed by atoms with E-state index in [0.29, 0.717) is 18.3 Å². The molecule has 30 heavy (non-hydrogen) atoms. The second-order valence-corrected chi connectivity index (χ2v) is 6.95. The minimum Gasteiger partial charge on any atom is -0.469 e. The number of benzene rings is 2. The normalized spacial score (nSPS) is 11.1. The number of aryl methyl sites for hydroxylation is 1. The standard InChI is InChI=1S/C23H19N5O2/c1-15-8-10-16(11-9-15)22-27-28-23(30-22)21-25-19-7-3-2-6-18(19)20(26-21)24-13-12-17-5-4-14-29-17/h2-11,14H,12-13H2,1H3,(H,24,25,26). The van der Waals surface area contributed by atoms with Crippen LogP contribution >= 0.6 is 0 Å². The van der Waals surface area contributed by atoms with Crippen LogP contribution in [0.1, 0.15) is 11.3 Å². The predicted molar refractivity (Wildman–Crippen MR) is 114 cm³/mol. The van der Waals surface area contributed by atoms with Gasteiger partial charge in [-0.15, -0.1) is 10.2 Å². The van der Waals surface area contributed by atoms with Crippen molar-refractivity contribution in [2.45, 2.75) is 13.3 Å². The van der Waals surface area contributed by atoms with Crippen LogP contribution in [0.4, 0.5) is 5.82 Å². The lowest BCUT2D eigenvalue weighted by molar-refractivity contribution is 0.513. The van der Waals surface area contributed by atoms with E-state index >= 15 is 0 Å². The number of aromatic nitrogens is 4. The Morgan fingerprint density at radius 2 is 1.70 bits per heavy atom. The van der Waals surface area contributed by atoms with Crippen molar-refractivity contribution in [3.63, 3.8) is 0 Å². The molecule has 2 aromatic carbocycles. The molecule has 0 saturated heterocycles. The molecule has 5 rings (SSSR count). The van der Waals surface area contributed by atoms with Gasteiger partial charge in [0.25, 0.3) is 5.89 Å². The summed E-state index contributed by atoms with van der Waals surface area (Å²) in [5.74, 6) is 2.75. The molecule has 0 radical (unpaired) electrons. The molecule has 0 aliphatic heterocycles. The van der Waals surface area contributed by atoms with E-state index in [9.17, 15) is 0 Å². The van der Waals surface area contributed by atoms with Crippen LogP contribution in [-0.4, -0.2) is 26.7 Å². The van der Waals surface area contributed by atoms with Gasteiger partial charge in [0.2, 0.25) is 11.7 Å². The molecular weight excluding hydrogens is 378 g/mol. The second-order valence-electron chi connectivity index (χ2n) is 6.95. The average Bonchev–Trinajstić information content (AvgIpc) is 3.46. The molecule has 7 nitrogen and oxygen atoms in total. The number of fused-ring (bicyclic) bond motifs is 1. The van der Waals surface area contributed by atoms with Crippen molar-refractivity contribution in [1.82, 2.24) is 20.2 Å². The maximum Gasteiger partial charge on any atom is 0.286 e. The number of furan rings is 1. The zero-order valence-corrected chi connectivity index (χ0v) is 16.4. The highest BCUT2D eigenvalue weighted by molar-refractivity contribution is 5.90. The first-order valence-electron chi connectivity index (χ1n) is 9.70. The van der Waals surface area contributed by atoms with Gasteiger partial charge in [-0.1, -0.05) is 29.8 Å². The topological polar surface area (TPSA) is 89.9 Å². The van der Waals surface area contributed by atoms with Gasteiger partial charge in [0, 0.05) is 23.9 Å². The lowest BCUT2D eigenvalue weighted by Crippen LogP contribution is -2.07. The minimum absolute atomic E-state index is 0.283. The first kappa shape index (κ1) is 18.1. The van der Waals surface area contributed by atoms with Crippen molar-refractivity contribution in [1.29, 1.82) is 0 Å². The molecule has 7 heteroatoms. The van der Waals surface area contributed by atoms with Crippen LogP contribution in [-0.2, 0) is 6.42 Å². The molecule has 3 aromatic heterocycles. The third kappa shape index (κ3) is 3.65. The van der Waals surface area contributed by atoms with Gasteiger partial charge in [-0.2, -0.15) is 0 Å². The largest absolute Gasteiger partial charge is 0.469 e. The Labute approximate surface area is 172 Å². The number of nitrogens with zero attached hydrogens (tertiary/aromatic N) is 4. The molecule has 148 valence electrons. The molecule has 5 aromatic rings. The van der Waals surface area contributed by atoms with E-state index in [0.717, 1.165) is 34.5 Å². The van der Waals surface area contributed by atoms with Gasteiger partial charge in [0.1, 0.15) is 11.6 Å². The zero-order valence-electron chi connectivity index (χ0n) is 16.4. The summed E-state index contributed by atoms with van der Waals surface area (Å²) in [5.41, 5.74) is 2.83. The highest BCUT2D eigenvalue weighted by atomic mass is 16.4. The molecular formula is C23H19N5O2. The van der Waals surface area contributed by atoms with E-state index in [4.69, 9.17) is 8.83 Å². The van der Waals surface area contributed by atoms with E-state index in [1.165, 1.54) is 5.56 Å². The van der Waals surface area contributed by atoms with Crippen molar-refractivity contribution >= 4 is 16.7 Å². The van der Waals surface area contributed by atoms with Crippen molar-refractivity contribution < 1.29 is 8.83 Å². The van der Waals surface area contributed by atoms with E-state index in [-0.39, 0.29) is 5.89 Å². The summed E-state index contributed by atoms with van der Waals surface area (Å²) < 4.78 is 11.3. The van der Waals surface area contributed by atoms with Crippen LogP contribution in [0, 0.1) is 6.92 Å². The van der Waals surface area contributed by atoms with Crippen molar-refractivity contribution in [2.24, 2.45) is 0 Å². The van der Waals surface area contributed by atoms with Crippen LogP contribution in [0.15, 0.2) is 75.8 Å². The minimum atomic E-state index is 0.283. The van der Waals surface area contributed by atoms with Crippen molar-refractivity contribution in [3.8, 4) is 23.2 Å². The van der Waals surface area contributed by atoms with Crippen LogP contribution in [0.3, 0.4) is 0 Å². The van der Waals surface area contributed by atoms with E-state index < -0.39 is 0 Å². The Balaban J connectivity index is 1.46. The quantitative estimate of drug-likeness (QED) is 0.436. The smallest absolute Gasteiger partial charge is 0.286 e. The first-order valence-corrected chi connectivity index (χ1v) is 9.70. The summed E-state index contributed by atoms with van der Waals surface area (Å²) >= 11 is 0. The highest BCUT2D eigenvalue weighted by Crippen LogP contribution is 2.26. The fourth-order valence-corrected chi connectivity index (χ4v) is 3.19. The van der Waals surface area contributed by atoms with E-state index in [2.05, 4.69) is 25.5 Å². The molecule has 1 N–H and O–H groups in total. The highest BCUT2D eigenvalue weighted by Gasteiger charge is 2.16. The second kappa shape index (κ2) is 7.79. The van der Waals surface area contributed by atoms with E-state index in [1.54, 1.807) is 6.26 Å². The van der Waals surface area contributed by atoms with Gasteiger partial charge in [-0.05, 0) is 43.3 Å². The Morgan fingerprint density at radius 3 is 2.53 bits per heavy atom. The van der Waals surface area contributed by atoms with Crippen LogP contribution in [0.25, 0.3) is 34.1 Å². The summed E-state index contributed by atoms with van der Waals surface area (Å²) in [5, 5.41) is 12.6.